The Balaban J connectivity index is 1.16. The van der Waals surface area contributed by atoms with Crippen LogP contribution < -0.4 is 10.2 Å². The number of nitrogens with zero attached hydrogens (tertiary/aromatic N) is 4. The maximum Gasteiger partial charge on any atom is 0.317 e. The fourth-order valence-corrected chi connectivity index (χ4v) is 4.82. The first-order valence-electron chi connectivity index (χ1n) is 12.6. The summed E-state index contributed by atoms with van der Waals surface area (Å²) in [7, 11) is 1.98. The second kappa shape index (κ2) is 10.7. The van der Waals surface area contributed by atoms with Crippen LogP contribution in [0.5, 0.6) is 0 Å². The Morgan fingerprint density at radius 2 is 1.43 bits per heavy atom. The maximum absolute atomic E-state index is 13.1. The van der Waals surface area contributed by atoms with E-state index in [1.54, 1.807) is 17.3 Å². The van der Waals surface area contributed by atoms with Gasteiger partial charge in [-0.05, 0) is 59.7 Å². The lowest BCUT2D eigenvalue weighted by molar-refractivity contribution is 0.0663. The number of carbonyl (C=O) groups excluding carboxylic acids is 2. The molecule has 0 radical (unpaired) electrons. The third kappa shape index (κ3) is 5.26. The normalized spacial score (nSPS) is 14.3. The Labute approximate surface area is 217 Å². The molecule has 5 rings (SSSR count). The van der Waals surface area contributed by atoms with Crippen molar-refractivity contribution in [1.82, 2.24) is 20.1 Å². The molecule has 0 aliphatic carbocycles. The van der Waals surface area contributed by atoms with Gasteiger partial charge < -0.3 is 20.0 Å². The highest BCUT2D eigenvalue weighted by Gasteiger charge is 2.26. The summed E-state index contributed by atoms with van der Waals surface area (Å²) in [6, 6.07) is 25.6. The van der Waals surface area contributed by atoms with Gasteiger partial charge in [0.1, 0.15) is 0 Å². The number of nitrogens with one attached hydrogen (secondary N) is 1. The minimum Gasteiger partial charge on any atom is -0.345 e. The van der Waals surface area contributed by atoms with Gasteiger partial charge in [-0.1, -0.05) is 42.5 Å². The average molecular weight is 494 g/mol. The first-order valence-corrected chi connectivity index (χ1v) is 12.6. The number of amides is 3. The lowest BCUT2D eigenvalue weighted by Crippen LogP contribution is -2.53. The number of aromatic nitrogens is 1. The first-order chi connectivity index (χ1) is 18.0. The topological polar surface area (TPSA) is 68.8 Å². The number of piperazine rings is 1. The zero-order valence-electron chi connectivity index (χ0n) is 21.2. The van der Waals surface area contributed by atoms with Crippen molar-refractivity contribution >= 4 is 34.1 Å². The number of hydrogen-bond acceptors (Lipinski definition) is 4. The SMILES string of the molecule is CC(NC(=O)N1CCN(C(=O)c2ccc(N(C)c3ccncc3)cc2)CC1)c1cccc2ccccc12. The van der Waals surface area contributed by atoms with Crippen LogP contribution >= 0.6 is 0 Å². The molecule has 7 nitrogen and oxygen atoms in total. The molecule has 1 atom stereocenters. The number of pyridine rings is 1. The van der Waals surface area contributed by atoms with E-state index < -0.39 is 0 Å². The van der Waals surface area contributed by atoms with Gasteiger partial charge in [-0.2, -0.15) is 0 Å². The Morgan fingerprint density at radius 3 is 2.16 bits per heavy atom. The summed E-state index contributed by atoms with van der Waals surface area (Å²) in [6.07, 6.45) is 3.52. The third-order valence-corrected chi connectivity index (χ3v) is 7.04. The number of hydrogen-bond donors (Lipinski definition) is 1. The molecule has 37 heavy (non-hydrogen) atoms. The average Bonchev–Trinajstić information content (AvgIpc) is 2.96. The molecule has 1 N–H and O–H groups in total. The molecule has 4 aromatic rings. The molecule has 1 saturated heterocycles. The van der Waals surface area contributed by atoms with Crippen LogP contribution in [0.1, 0.15) is 28.9 Å². The van der Waals surface area contributed by atoms with E-state index in [0.29, 0.717) is 31.7 Å². The fourth-order valence-electron chi connectivity index (χ4n) is 4.82. The minimum atomic E-state index is -0.123. The highest BCUT2D eigenvalue weighted by atomic mass is 16.2. The van der Waals surface area contributed by atoms with E-state index >= 15 is 0 Å². The van der Waals surface area contributed by atoms with Crippen molar-refractivity contribution in [1.29, 1.82) is 0 Å². The van der Waals surface area contributed by atoms with Gasteiger partial charge in [0.25, 0.3) is 5.91 Å². The number of anilines is 2. The Morgan fingerprint density at radius 1 is 0.811 bits per heavy atom. The molecular formula is C30H31N5O2. The first kappa shape index (κ1) is 24.3. The molecule has 1 fully saturated rings. The van der Waals surface area contributed by atoms with Crippen LogP contribution in [0.15, 0.2) is 91.3 Å². The largest absolute Gasteiger partial charge is 0.345 e. The predicted octanol–water partition coefficient (Wildman–Crippen LogP) is 5.23. The van der Waals surface area contributed by atoms with Crippen molar-refractivity contribution in [2.75, 3.05) is 38.1 Å². The van der Waals surface area contributed by atoms with E-state index in [4.69, 9.17) is 0 Å². The number of rotatable bonds is 5. The van der Waals surface area contributed by atoms with E-state index in [9.17, 15) is 9.59 Å². The van der Waals surface area contributed by atoms with Gasteiger partial charge in [0.15, 0.2) is 0 Å². The van der Waals surface area contributed by atoms with Crippen LogP contribution in [0.2, 0.25) is 0 Å². The monoisotopic (exact) mass is 493 g/mol. The zero-order valence-corrected chi connectivity index (χ0v) is 21.2. The summed E-state index contributed by atoms with van der Waals surface area (Å²) in [6.45, 7) is 4.03. The lowest BCUT2D eigenvalue weighted by Gasteiger charge is -2.35. The maximum atomic E-state index is 13.1. The van der Waals surface area contributed by atoms with Gasteiger partial charge in [0.2, 0.25) is 0 Å². The van der Waals surface area contributed by atoms with Crippen molar-refractivity contribution in [3.63, 3.8) is 0 Å². The summed E-state index contributed by atoms with van der Waals surface area (Å²) in [5, 5.41) is 5.44. The molecule has 0 saturated carbocycles. The van der Waals surface area contributed by atoms with Crippen molar-refractivity contribution in [2.24, 2.45) is 0 Å². The molecule has 1 unspecified atom stereocenters. The summed E-state index contributed by atoms with van der Waals surface area (Å²) < 4.78 is 0. The number of fused-ring (bicyclic) bond motifs is 1. The molecule has 3 aromatic carbocycles. The Kier molecular flexibility index (Phi) is 7.03. The highest BCUT2D eigenvalue weighted by molar-refractivity contribution is 5.95. The van der Waals surface area contributed by atoms with Crippen LogP contribution in [-0.4, -0.2) is 59.9 Å². The van der Waals surface area contributed by atoms with Crippen molar-refractivity contribution < 1.29 is 9.59 Å². The van der Waals surface area contributed by atoms with Crippen molar-refractivity contribution in [3.8, 4) is 0 Å². The van der Waals surface area contributed by atoms with Crippen molar-refractivity contribution in [3.05, 3.63) is 102 Å². The smallest absolute Gasteiger partial charge is 0.317 e. The van der Waals surface area contributed by atoms with E-state index in [0.717, 1.165) is 27.7 Å². The van der Waals surface area contributed by atoms with Gasteiger partial charge in [0, 0.05) is 62.6 Å². The van der Waals surface area contributed by atoms with E-state index in [2.05, 4.69) is 34.6 Å². The summed E-state index contributed by atoms with van der Waals surface area (Å²) in [4.78, 5) is 35.8. The number of urea groups is 1. The molecule has 1 aliphatic rings. The number of carbonyl (C=O) groups is 2. The zero-order chi connectivity index (χ0) is 25.8. The highest BCUT2D eigenvalue weighted by Crippen LogP contribution is 2.25. The molecular weight excluding hydrogens is 462 g/mol. The van der Waals surface area contributed by atoms with Crippen LogP contribution in [0.25, 0.3) is 10.8 Å². The summed E-state index contributed by atoms with van der Waals surface area (Å²) >= 11 is 0. The Bertz CT molecular complexity index is 1380. The molecule has 7 heteroatoms. The predicted molar refractivity (Wildman–Crippen MR) is 147 cm³/mol. The quantitative estimate of drug-likeness (QED) is 0.413. The molecule has 1 aliphatic heterocycles. The standard InChI is InChI=1S/C30H31N5O2/c1-22(27-9-5-7-23-6-3-4-8-28(23)27)32-30(37)35-20-18-34(19-21-35)29(36)24-10-12-25(13-11-24)33(2)26-14-16-31-17-15-26/h3-17,22H,18-21H2,1-2H3,(H,32,37). The Hall–Kier alpha value is -4.39. The summed E-state index contributed by atoms with van der Waals surface area (Å²) in [5.41, 5.74) is 3.76. The van der Waals surface area contributed by atoms with Gasteiger partial charge >= 0.3 is 6.03 Å². The van der Waals surface area contributed by atoms with Crippen LogP contribution in [0, 0.1) is 0 Å². The molecule has 1 aromatic heterocycles. The van der Waals surface area contributed by atoms with E-state index in [1.165, 1.54) is 0 Å². The van der Waals surface area contributed by atoms with Gasteiger partial charge in [0.05, 0.1) is 6.04 Å². The lowest BCUT2D eigenvalue weighted by atomic mass is 10.00. The van der Waals surface area contributed by atoms with E-state index in [1.807, 2.05) is 78.4 Å². The third-order valence-electron chi connectivity index (χ3n) is 7.04. The van der Waals surface area contributed by atoms with Gasteiger partial charge in [-0.15, -0.1) is 0 Å². The van der Waals surface area contributed by atoms with E-state index in [-0.39, 0.29) is 18.0 Å². The molecule has 3 amide bonds. The summed E-state index contributed by atoms with van der Waals surface area (Å²) in [5.74, 6) is -0.0118. The molecule has 2 heterocycles. The minimum absolute atomic E-state index is 0.0118. The molecule has 0 bridgehead atoms. The molecule has 0 spiro atoms. The molecule has 188 valence electrons. The van der Waals surface area contributed by atoms with Crippen LogP contribution in [-0.2, 0) is 0 Å². The second-order valence-corrected chi connectivity index (χ2v) is 9.33. The number of benzene rings is 3. The van der Waals surface area contributed by atoms with Crippen LogP contribution in [0.4, 0.5) is 16.2 Å². The van der Waals surface area contributed by atoms with Gasteiger partial charge in [-0.3, -0.25) is 9.78 Å². The fraction of sp³-hybridized carbons (Fsp3) is 0.233. The van der Waals surface area contributed by atoms with Crippen molar-refractivity contribution in [2.45, 2.75) is 13.0 Å². The van der Waals surface area contributed by atoms with Gasteiger partial charge in [-0.25, -0.2) is 4.79 Å². The van der Waals surface area contributed by atoms with Crippen LogP contribution in [0.3, 0.4) is 0 Å². The second-order valence-electron chi connectivity index (χ2n) is 9.33.